The van der Waals surface area contributed by atoms with Crippen LogP contribution in [0.15, 0.2) is 36.5 Å². The molecule has 2 aromatic heterocycles. The number of aromatic hydroxyl groups is 1. The van der Waals surface area contributed by atoms with E-state index in [9.17, 15) is 30.0 Å². The first-order valence-electron chi connectivity index (χ1n) is 9.78. The van der Waals surface area contributed by atoms with Crippen LogP contribution in [0.25, 0.3) is 33.1 Å². The number of nitrogens with two attached hydrogens (primary N) is 2. The molecule has 10 nitrogen and oxygen atoms in total. The van der Waals surface area contributed by atoms with E-state index in [2.05, 4.69) is 9.97 Å². The molecule has 0 unspecified atom stereocenters. The SMILES string of the molecule is N[C@@H](Cc1c(-c2cc(O)c([O])c3[nH]cc(C[C@H](N)C(=O)O)c23)[nH]c2ccccc12)C(=O)O. The van der Waals surface area contributed by atoms with Crippen LogP contribution in [0.3, 0.4) is 0 Å². The largest absolute Gasteiger partial charge is 0.504 e. The van der Waals surface area contributed by atoms with Crippen LogP contribution in [-0.2, 0) is 27.5 Å². The Morgan fingerprint density at radius 2 is 1.69 bits per heavy atom. The Labute approximate surface area is 181 Å². The van der Waals surface area contributed by atoms with Crippen LogP contribution < -0.4 is 11.5 Å². The van der Waals surface area contributed by atoms with E-state index < -0.39 is 35.5 Å². The monoisotopic (exact) mass is 437 g/mol. The molecule has 0 aliphatic carbocycles. The molecule has 0 saturated heterocycles. The lowest BCUT2D eigenvalue weighted by Crippen LogP contribution is -2.32. The number of nitrogens with one attached hydrogen (secondary N) is 2. The van der Waals surface area contributed by atoms with Crippen LogP contribution in [0.5, 0.6) is 11.5 Å². The second-order valence-corrected chi connectivity index (χ2v) is 7.66. The minimum Gasteiger partial charge on any atom is -0.504 e. The minimum atomic E-state index is -1.20. The van der Waals surface area contributed by atoms with Gasteiger partial charge in [0.15, 0.2) is 5.75 Å². The molecule has 0 aliphatic rings. The average Bonchev–Trinajstić information content (AvgIpc) is 3.33. The van der Waals surface area contributed by atoms with E-state index in [0.717, 1.165) is 5.39 Å². The number of hydrogen-bond donors (Lipinski definition) is 7. The molecule has 0 amide bonds. The summed E-state index contributed by atoms with van der Waals surface area (Å²) in [6.07, 6.45) is 1.42. The number of phenolic OH excluding ortho intramolecular Hbond substituents is 1. The van der Waals surface area contributed by atoms with Gasteiger partial charge in [0, 0.05) is 40.9 Å². The smallest absolute Gasteiger partial charge is 0.320 e. The summed E-state index contributed by atoms with van der Waals surface area (Å²) in [7, 11) is 0. The number of carboxylic acids is 2. The van der Waals surface area contributed by atoms with Gasteiger partial charge in [0.1, 0.15) is 12.1 Å². The molecule has 4 rings (SSSR count). The van der Waals surface area contributed by atoms with Gasteiger partial charge in [-0.1, -0.05) is 18.2 Å². The van der Waals surface area contributed by atoms with Crippen molar-refractivity contribution >= 4 is 33.7 Å². The molecule has 2 atom stereocenters. The molecule has 0 spiro atoms. The first-order valence-corrected chi connectivity index (χ1v) is 9.78. The molecule has 2 aromatic carbocycles. The maximum absolute atomic E-state index is 12.5. The van der Waals surface area contributed by atoms with Crippen molar-refractivity contribution in [3.63, 3.8) is 0 Å². The zero-order chi connectivity index (χ0) is 23.2. The van der Waals surface area contributed by atoms with Crippen molar-refractivity contribution in [2.45, 2.75) is 24.9 Å². The Bertz CT molecular complexity index is 1360. The van der Waals surface area contributed by atoms with Gasteiger partial charge in [0.05, 0.1) is 11.2 Å². The first kappa shape index (κ1) is 21.2. The number of aliphatic carboxylic acids is 2. The quantitative estimate of drug-likeness (QED) is 0.229. The number of hydrogen-bond acceptors (Lipinski definition) is 5. The average molecular weight is 437 g/mol. The molecule has 2 heterocycles. The molecule has 32 heavy (non-hydrogen) atoms. The number of carbonyl (C=O) groups is 2. The molecule has 0 aliphatic heterocycles. The number of H-pyrrole nitrogens is 2. The van der Waals surface area contributed by atoms with Gasteiger partial charge in [-0.05, 0) is 23.3 Å². The van der Waals surface area contributed by atoms with E-state index in [1.807, 2.05) is 18.2 Å². The highest BCUT2D eigenvalue weighted by Gasteiger charge is 2.25. The van der Waals surface area contributed by atoms with Crippen molar-refractivity contribution in [1.29, 1.82) is 0 Å². The third-order valence-corrected chi connectivity index (χ3v) is 5.55. The van der Waals surface area contributed by atoms with Gasteiger partial charge >= 0.3 is 11.9 Å². The maximum atomic E-state index is 12.5. The molecule has 4 aromatic rings. The second-order valence-electron chi connectivity index (χ2n) is 7.66. The molecule has 0 bridgehead atoms. The summed E-state index contributed by atoms with van der Waals surface area (Å²) in [5.74, 6) is -3.51. The maximum Gasteiger partial charge on any atom is 0.320 e. The van der Waals surface area contributed by atoms with Crippen LogP contribution in [0, 0.1) is 0 Å². The number of para-hydroxylation sites is 1. The Morgan fingerprint density at radius 3 is 2.38 bits per heavy atom. The summed E-state index contributed by atoms with van der Waals surface area (Å²) in [6.45, 7) is 0. The topological polar surface area (TPSA) is 198 Å². The number of rotatable bonds is 7. The third kappa shape index (κ3) is 3.51. The molecular formula is C22H21N4O6. The standard InChI is InChI=1S/C22H21N4O6/c23-13(21(29)30)5-9-8-25-19-17(9)12(7-16(27)20(19)28)18-11(6-14(24)22(31)32)10-3-1-2-4-15(10)26-18/h1-4,7-8,13-14,25-27H,5-6,23-24H2,(H,29,30)(H,31,32)/t13-,14-/m0/s1. The summed E-state index contributed by atoms with van der Waals surface area (Å²) >= 11 is 0. The number of aromatic nitrogens is 2. The number of phenols is 1. The van der Waals surface area contributed by atoms with Gasteiger partial charge in [0.2, 0.25) is 5.75 Å². The van der Waals surface area contributed by atoms with Crippen molar-refractivity contribution in [1.82, 2.24) is 9.97 Å². The van der Waals surface area contributed by atoms with Gasteiger partial charge in [-0.25, -0.2) is 0 Å². The molecule has 0 fully saturated rings. The van der Waals surface area contributed by atoms with Gasteiger partial charge in [-0.2, -0.15) is 0 Å². The third-order valence-electron chi connectivity index (χ3n) is 5.55. The lowest BCUT2D eigenvalue weighted by atomic mass is 9.94. The molecule has 0 saturated carbocycles. The Balaban J connectivity index is 2.01. The molecule has 9 N–H and O–H groups in total. The molecular weight excluding hydrogens is 416 g/mol. The predicted octanol–water partition coefficient (Wildman–Crippen LogP) is 2.07. The van der Waals surface area contributed by atoms with Gasteiger partial charge < -0.3 is 36.8 Å². The minimum absolute atomic E-state index is 0.00947. The second kappa shape index (κ2) is 7.91. The summed E-state index contributed by atoms with van der Waals surface area (Å²) in [6, 6.07) is 6.15. The van der Waals surface area contributed by atoms with Crippen LogP contribution in [0.4, 0.5) is 0 Å². The summed E-state index contributed by atoms with van der Waals surface area (Å²) in [5, 5.41) is 42.5. The molecule has 165 valence electrons. The van der Waals surface area contributed by atoms with Gasteiger partial charge in [-0.15, -0.1) is 0 Å². The van der Waals surface area contributed by atoms with E-state index >= 15 is 0 Å². The highest BCUT2D eigenvalue weighted by molar-refractivity contribution is 6.05. The zero-order valence-electron chi connectivity index (χ0n) is 16.8. The van der Waals surface area contributed by atoms with Crippen LogP contribution in [0.2, 0.25) is 0 Å². The lowest BCUT2D eigenvalue weighted by Gasteiger charge is -2.12. The van der Waals surface area contributed by atoms with Crippen LogP contribution in [0.1, 0.15) is 11.1 Å². The lowest BCUT2D eigenvalue weighted by molar-refractivity contribution is -0.139. The van der Waals surface area contributed by atoms with Crippen molar-refractivity contribution < 1.29 is 30.0 Å². The fourth-order valence-corrected chi connectivity index (χ4v) is 3.98. The highest BCUT2D eigenvalue weighted by Crippen LogP contribution is 2.44. The van der Waals surface area contributed by atoms with Gasteiger partial charge in [-0.3, -0.25) is 14.7 Å². The van der Waals surface area contributed by atoms with Crippen molar-refractivity contribution in [3.05, 3.63) is 47.7 Å². The van der Waals surface area contributed by atoms with Crippen LogP contribution >= 0.6 is 0 Å². The van der Waals surface area contributed by atoms with Crippen molar-refractivity contribution in [2.75, 3.05) is 0 Å². The Kier molecular flexibility index (Phi) is 5.25. The number of fused-ring (bicyclic) bond motifs is 2. The van der Waals surface area contributed by atoms with Gasteiger partial charge in [0.25, 0.3) is 0 Å². The van der Waals surface area contributed by atoms with E-state index in [4.69, 9.17) is 11.5 Å². The van der Waals surface area contributed by atoms with Crippen molar-refractivity contribution in [3.8, 4) is 22.8 Å². The number of benzene rings is 2. The summed E-state index contributed by atoms with van der Waals surface area (Å²) in [4.78, 5) is 28.8. The Hall–Kier alpha value is -4.02. The van der Waals surface area contributed by atoms with E-state index in [-0.39, 0.29) is 18.4 Å². The van der Waals surface area contributed by atoms with E-state index in [1.54, 1.807) is 6.07 Å². The fourth-order valence-electron chi connectivity index (χ4n) is 3.98. The highest BCUT2D eigenvalue weighted by atomic mass is 16.4. The number of aromatic amines is 2. The molecule has 1 radical (unpaired) electrons. The summed E-state index contributed by atoms with van der Waals surface area (Å²) < 4.78 is 0. The molecule has 10 heteroatoms. The van der Waals surface area contributed by atoms with E-state index in [0.29, 0.717) is 33.3 Å². The fraction of sp³-hybridized carbons (Fsp3) is 0.182. The summed E-state index contributed by atoms with van der Waals surface area (Å²) in [5.41, 5.74) is 14.3. The Morgan fingerprint density at radius 1 is 1.03 bits per heavy atom. The number of carboxylic acid groups (broad SMARTS) is 2. The zero-order valence-corrected chi connectivity index (χ0v) is 16.8. The predicted molar refractivity (Wildman–Crippen MR) is 116 cm³/mol. The van der Waals surface area contributed by atoms with Crippen LogP contribution in [-0.4, -0.2) is 49.3 Å². The first-order chi connectivity index (χ1) is 15.2. The van der Waals surface area contributed by atoms with Crippen molar-refractivity contribution in [2.24, 2.45) is 11.5 Å². The van der Waals surface area contributed by atoms with E-state index in [1.165, 1.54) is 12.3 Å². The normalized spacial score (nSPS) is 13.4.